The van der Waals surface area contributed by atoms with Crippen LogP contribution in [0.1, 0.15) is 10.8 Å². The summed E-state index contributed by atoms with van der Waals surface area (Å²) in [5.41, 5.74) is 5.21. The van der Waals surface area contributed by atoms with Gasteiger partial charge < -0.3 is 10.5 Å². The van der Waals surface area contributed by atoms with Crippen molar-refractivity contribution in [3.63, 3.8) is 0 Å². The van der Waals surface area contributed by atoms with Gasteiger partial charge in [0.15, 0.2) is 0 Å². The number of rotatable bonds is 4. The van der Waals surface area contributed by atoms with Crippen LogP contribution in [0.3, 0.4) is 0 Å². The van der Waals surface area contributed by atoms with Crippen LogP contribution < -0.4 is 10.5 Å². The average Bonchev–Trinajstić information content (AvgIpc) is 2.53. The van der Waals surface area contributed by atoms with Gasteiger partial charge in [-0.15, -0.1) is 0 Å². The molecule has 0 aliphatic rings. The van der Waals surface area contributed by atoms with Crippen molar-refractivity contribution in [2.24, 2.45) is 5.73 Å². The fourth-order valence-electron chi connectivity index (χ4n) is 0.879. The van der Waals surface area contributed by atoms with Crippen LogP contribution in [0.2, 0.25) is 0 Å². The highest BCUT2D eigenvalue weighted by Crippen LogP contribution is 2.30. The largest absolute Gasteiger partial charge is 0.473 e. The molecule has 2 N–H and O–H groups in total. The third-order valence-electron chi connectivity index (χ3n) is 1.60. The second-order valence-corrected chi connectivity index (χ2v) is 3.43. The molecule has 0 aliphatic carbocycles. The molecule has 13 heavy (non-hydrogen) atoms. The minimum Gasteiger partial charge on any atom is -0.473 e. The van der Waals surface area contributed by atoms with Crippen LogP contribution >= 0.6 is 11.3 Å². The lowest BCUT2D eigenvalue weighted by Gasteiger charge is -2.09. The van der Waals surface area contributed by atoms with E-state index in [1.807, 2.05) is 0 Å². The number of methoxy groups -OCH3 is 1. The van der Waals surface area contributed by atoms with Crippen LogP contribution in [-0.4, -0.2) is 25.1 Å². The van der Waals surface area contributed by atoms with E-state index in [-0.39, 0.29) is 6.54 Å². The monoisotopic (exact) mass is 208 g/mol. The molecule has 0 aromatic carbocycles. The standard InChI is InChI=1S/C7H10F2N2OS/c1-12-7-11-3-5(13-7)4(2-10)6(8)9/h3-4,6H,2,10H2,1H3. The normalized spacial score (nSPS) is 13.3. The van der Waals surface area contributed by atoms with Crippen LogP contribution in [0.5, 0.6) is 5.19 Å². The summed E-state index contributed by atoms with van der Waals surface area (Å²) in [7, 11) is 1.45. The van der Waals surface area contributed by atoms with Crippen molar-refractivity contribution in [3.05, 3.63) is 11.1 Å². The van der Waals surface area contributed by atoms with E-state index in [1.165, 1.54) is 13.3 Å². The summed E-state index contributed by atoms with van der Waals surface area (Å²) in [6, 6.07) is 0. The van der Waals surface area contributed by atoms with Gasteiger partial charge in [-0.2, -0.15) is 0 Å². The number of hydrogen-bond acceptors (Lipinski definition) is 4. The van der Waals surface area contributed by atoms with Gasteiger partial charge >= 0.3 is 0 Å². The number of ether oxygens (including phenoxy) is 1. The Bertz CT molecular complexity index is 267. The van der Waals surface area contributed by atoms with Crippen molar-refractivity contribution in [1.82, 2.24) is 4.98 Å². The Balaban J connectivity index is 2.79. The Hall–Kier alpha value is -0.750. The van der Waals surface area contributed by atoms with Gasteiger partial charge in [0.25, 0.3) is 5.19 Å². The molecule has 6 heteroatoms. The van der Waals surface area contributed by atoms with Crippen molar-refractivity contribution >= 4 is 11.3 Å². The van der Waals surface area contributed by atoms with E-state index in [2.05, 4.69) is 4.98 Å². The first-order chi connectivity index (χ1) is 6.19. The molecule has 0 saturated carbocycles. The smallest absolute Gasteiger partial charge is 0.273 e. The molecule has 3 nitrogen and oxygen atoms in total. The highest BCUT2D eigenvalue weighted by atomic mass is 32.1. The average molecular weight is 208 g/mol. The highest BCUT2D eigenvalue weighted by molar-refractivity contribution is 7.13. The number of nitrogens with two attached hydrogens (primary N) is 1. The third-order valence-corrected chi connectivity index (χ3v) is 2.69. The molecule has 1 unspecified atom stereocenters. The zero-order valence-electron chi connectivity index (χ0n) is 7.04. The van der Waals surface area contributed by atoms with Crippen LogP contribution in [0.15, 0.2) is 6.20 Å². The van der Waals surface area contributed by atoms with Gasteiger partial charge in [-0.3, -0.25) is 0 Å². The fraction of sp³-hybridized carbons (Fsp3) is 0.571. The van der Waals surface area contributed by atoms with Crippen LogP contribution in [0.25, 0.3) is 0 Å². The van der Waals surface area contributed by atoms with E-state index in [1.54, 1.807) is 0 Å². The molecular weight excluding hydrogens is 198 g/mol. The summed E-state index contributed by atoms with van der Waals surface area (Å²) in [5, 5.41) is 0.383. The molecule has 1 heterocycles. The van der Waals surface area contributed by atoms with Gasteiger partial charge in [-0.05, 0) is 0 Å². The molecule has 0 spiro atoms. The first-order valence-electron chi connectivity index (χ1n) is 3.67. The summed E-state index contributed by atoms with van der Waals surface area (Å²) >= 11 is 1.10. The zero-order chi connectivity index (χ0) is 9.84. The van der Waals surface area contributed by atoms with E-state index < -0.39 is 12.3 Å². The summed E-state index contributed by atoms with van der Waals surface area (Å²) < 4.78 is 29.5. The number of thiazole rings is 1. The Morgan fingerprint density at radius 1 is 1.69 bits per heavy atom. The first-order valence-corrected chi connectivity index (χ1v) is 4.48. The molecule has 74 valence electrons. The van der Waals surface area contributed by atoms with E-state index in [9.17, 15) is 8.78 Å². The van der Waals surface area contributed by atoms with Crippen molar-refractivity contribution in [2.75, 3.05) is 13.7 Å². The second-order valence-electron chi connectivity index (χ2n) is 2.41. The van der Waals surface area contributed by atoms with Gasteiger partial charge in [-0.25, -0.2) is 13.8 Å². The zero-order valence-corrected chi connectivity index (χ0v) is 7.85. The van der Waals surface area contributed by atoms with Crippen LogP contribution in [-0.2, 0) is 0 Å². The minimum absolute atomic E-state index is 0.0803. The van der Waals surface area contributed by atoms with Crippen LogP contribution in [0, 0.1) is 0 Å². The Kier molecular flexibility index (Phi) is 3.56. The summed E-state index contributed by atoms with van der Waals surface area (Å²) in [4.78, 5) is 4.26. The predicted octanol–water partition coefficient (Wildman–Crippen LogP) is 1.46. The molecule has 1 aromatic heterocycles. The van der Waals surface area contributed by atoms with Gasteiger partial charge in [0.05, 0.1) is 13.0 Å². The molecular formula is C7H10F2N2OS. The lowest BCUT2D eigenvalue weighted by atomic mass is 10.1. The SMILES string of the molecule is COc1ncc(C(CN)C(F)F)s1. The van der Waals surface area contributed by atoms with Crippen molar-refractivity contribution in [1.29, 1.82) is 0 Å². The maximum absolute atomic E-state index is 12.4. The maximum Gasteiger partial charge on any atom is 0.273 e. The Morgan fingerprint density at radius 3 is 2.77 bits per heavy atom. The lowest BCUT2D eigenvalue weighted by Crippen LogP contribution is -2.18. The van der Waals surface area contributed by atoms with E-state index in [4.69, 9.17) is 10.5 Å². The van der Waals surface area contributed by atoms with Gasteiger partial charge in [-0.1, -0.05) is 11.3 Å². The summed E-state index contributed by atoms with van der Waals surface area (Å²) in [5.74, 6) is -0.929. The summed E-state index contributed by atoms with van der Waals surface area (Å²) in [6.45, 7) is -0.0803. The molecule has 1 aromatic rings. The second kappa shape index (κ2) is 4.48. The number of hydrogen-bond donors (Lipinski definition) is 1. The maximum atomic E-state index is 12.4. The molecule has 0 amide bonds. The van der Waals surface area contributed by atoms with Crippen molar-refractivity contribution in [2.45, 2.75) is 12.3 Å². The molecule has 0 saturated heterocycles. The van der Waals surface area contributed by atoms with Gasteiger partial charge in [0.1, 0.15) is 0 Å². The Morgan fingerprint density at radius 2 is 2.38 bits per heavy atom. The van der Waals surface area contributed by atoms with Crippen LogP contribution in [0.4, 0.5) is 8.78 Å². The minimum atomic E-state index is -2.45. The quantitative estimate of drug-likeness (QED) is 0.814. The predicted molar refractivity (Wildman–Crippen MR) is 46.5 cm³/mol. The van der Waals surface area contributed by atoms with Gasteiger partial charge in [0.2, 0.25) is 6.43 Å². The molecule has 0 aliphatic heterocycles. The topological polar surface area (TPSA) is 48.1 Å². The lowest BCUT2D eigenvalue weighted by molar-refractivity contribution is 0.118. The van der Waals surface area contributed by atoms with Crippen molar-refractivity contribution in [3.8, 4) is 5.19 Å². The summed E-state index contributed by atoms with van der Waals surface area (Å²) in [6.07, 6.45) is -1.07. The van der Waals surface area contributed by atoms with E-state index >= 15 is 0 Å². The number of nitrogens with zero attached hydrogens (tertiary/aromatic N) is 1. The van der Waals surface area contributed by atoms with E-state index in [0.29, 0.717) is 10.1 Å². The van der Waals surface area contributed by atoms with Crippen molar-refractivity contribution < 1.29 is 13.5 Å². The third kappa shape index (κ3) is 2.35. The Labute approximate surface area is 78.5 Å². The number of halogens is 2. The van der Waals surface area contributed by atoms with Gasteiger partial charge in [0, 0.05) is 17.6 Å². The van der Waals surface area contributed by atoms with E-state index in [0.717, 1.165) is 11.3 Å². The first kappa shape index (κ1) is 10.3. The fourth-order valence-corrected chi connectivity index (χ4v) is 1.73. The molecule has 0 radical (unpaired) electrons. The molecule has 1 atom stereocenters. The number of aromatic nitrogens is 1. The molecule has 1 rings (SSSR count). The number of alkyl halides is 2. The molecule has 0 fully saturated rings. The molecule has 0 bridgehead atoms. The highest BCUT2D eigenvalue weighted by Gasteiger charge is 2.23.